The van der Waals surface area contributed by atoms with Crippen molar-refractivity contribution >= 4 is 17.4 Å². The minimum atomic E-state index is -0.0852. The topological polar surface area (TPSA) is 35.5 Å². The minimum absolute atomic E-state index is 0.0744. The molecule has 0 amide bonds. The lowest BCUT2D eigenvalue weighted by Gasteiger charge is -2.27. The van der Waals surface area contributed by atoms with Crippen molar-refractivity contribution in [3.63, 3.8) is 0 Å². The molecule has 0 aromatic carbocycles. The van der Waals surface area contributed by atoms with Gasteiger partial charge in [-0.2, -0.15) is 0 Å². The maximum absolute atomic E-state index is 11.3. The van der Waals surface area contributed by atoms with Crippen LogP contribution in [0.4, 0.5) is 0 Å². The Kier molecular flexibility index (Phi) is 5.85. The van der Waals surface area contributed by atoms with Gasteiger partial charge in [0.1, 0.15) is 17.6 Å². The first-order chi connectivity index (χ1) is 7.69. The Morgan fingerprint density at radius 1 is 1.62 bits per heavy atom. The lowest BCUT2D eigenvalue weighted by Crippen LogP contribution is -2.27. The fourth-order valence-corrected chi connectivity index (χ4v) is 1.91. The quantitative estimate of drug-likeness (QED) is 0.534. The van der Waals surface area contributed by atoms with E-state index in [2.05, 4.69) is 0 Å². The predicted molar refractivity (Wildman–Crippen MR) is 63.6 cm³/mol. The molecule has 0 fully saturated rings. The molecule has 0 bridgehead atoms. The minimum Gasteiger partial charge on any atom is -0.495 e. The molecule has 0 aromatic rings. The zero-order valence-electron chi connectivity index (χ0n) is 9.87. The molecule has 0 aromatic heterocycles. The summed E-state index contributed by atoms with van der Waals surface area (Å²) in [6.07, 6.45) is 4.19. The van der Waals surface area contributed by atoms with Gasteiger partial charge < -0.3 is 9.47 Å². The highest BCUT2D eigenvalue weighted by atomic mass is 35.5. The zero-order chi connectivity index (χ0) is 12.0. The van der Waals surface area contributed by atoms with Crippen molar-refractivity contribution in [2.45, 2.75) is 32.3 Å². The van der Waals surface area contributed by atoms with Crippen LogP contribution >= 0.6 is 11.6 Å². The van der Waals surface area contributed by atoms with E-state index in [1.165, 1.54) is 0 Å². The number of ether oxygens (including phenoxy) is 2. The Bertz CT molecular complexity index is 263. The molecule has 3 nitrogen and oxygen atoms in total. The number of methoxy groups -OCH3 is 1. The average molecular weight is 247 g/mol. The van der Waals surface area contributed by atoms with E-state index in [9.17, 15) is 4.79 Å². The summed E-state index contributed by atoms with van der Waals surface area (Å²) < 4.78 is 10.9. The van der Waals surface area contributed by atoms with Gasteiger partial charge in [0, 0.05) is 18.9 Å². The summed E-state index contributed by atoms with van der Waals surface area (Å²) in [5.74, 6) is 1.75. The standard InChI is InChI=1S/C12H19ClO3/c1-9(14)10-4-5-11(12(8-10)15-2)16-7-3-6-13/h5,10,12H,3-4,6-8H2,1-2H3. The van der Waals surface area contributed by atoms with E-state index >= 15 is 0 Å². The summed E-state index contributed by atoms with van der Waals surface area (Å²) >= 11 is 5.58. The number of alkyl halides is 1. The van der Waals surface area contributed by atoms with Gasteiger partial charge in [0.25, 0.3) is 0 Å². The SMILES string of the molecule is COC1CC(C(C)=O)CC=C1OCCCCl. The molecular formula is C12H19ClO3. The van der Waals surface area contributed by atoms with Gasteiger partial charge in [-0.3, -0.25) is 4.79 Å². The number of hydrogen-bond donors (Lipinski definition) is 0. The Hall–Kier alpha value is -0.540. The van der Waals surface area contributed by atoms with E-state index in [4.69, 9.17) is 21.1 Å². The molecule has 0 N–H and O–H groups in total. The lowest BCUT2D eigenvalue weighted by molar-refractivity contribution is -0.122. The van der Waals surface area contributed by atoms with Gasteiger partial charge in [0.05, 0.1) is 6.61 Å². The molecule has 0 saturated carbocycles. The Labute approximate surface area is 102 Å². The summed E-state index contributed by atoms with van der Waals surface area (Å²) in [6.45, 7) is 2.24. The van der Waals surface area contributed by atoms with E-state index in [1.807, 2.05) is 6.08 Å². The molecule has 92 valence electrons. The van der Waals surface area contributed by atoms with Gasteiger partial charge in [-0.25, -0.2) is 0 Å². The van der Waals surface area contributed by atoms with E-state index < -0.39 is 0 Å². The van der Waals surface area contributed by atoms with Crippen LogP contribution < -0.4 is 0 Å². The molecule has 1 rings (SSSR count). The van der Waals surface area contributed by atoms with Crippen LogP contribution in [0.3, 0.4) is 0 Å². The van der Waals surface area contributed by atoms with E-state index in [0.717, 1.165) is 25.0 Å². The third kappa shape index (κ3) is 3.80. The van der Waals surface area contributed by atoms with E-state index in [1.54, 1.807) is 14.0 Å². The maximum Gasteiger partial charge on any atom is 0.133 e. The first-order valence-electron chi connectivity index (χ1n) is 5.61. The Morgan fingerprint density at radius 3 is 2.94 bits per heavy atom. The number of rotatable bonds is 6. The third-order valence-electron chi connectivity index (χ3n) is 2.83. The van der Waals surface area contributed by atoms with Crippen LogP contribution in [0.2, 0.25) is 0 Å². The fraction of sp³-hybridized carbons (Fsp3) is 0.750. The van der Waals surface area contributed by atoms with Crippen LogP contribution in [0.15, 0.2) is 11.8 Å². The Balaban J connectivity index is 2.52. The van der Waals surface area contributed by atoms with Crippen LogP contribution in [0.5, 0.6) is 0 Å². The Morgan fingerprint density at radius 2 is 2.38 bits per heavy atom. The van der Waals surface area contributed by atoms with Crippen LogP contribution in [0.1, 0.15) is 26.2 Å². The molecule has 0 radical (unpaired) electrons. The number of hydrogen-bond acceptors (Lipinski definition) is 3. The van der Waals surface area contributed by atoms with Crippen molar-refractivity contribution < 1.29 is 14.3 Å². The van der Waals surface area contributed by atoms with Crippen LogP contribution in [-0.2, 0) is 14.3 Å². The van der Waals surface area contributed by atoms with Gasteiger partial charge >= 0.3 is 0 Å². The second kappa shape index (κ2) is 6.92. The lowest BCUT2D eigenvalue weighted by atomic mass is 9.88. The van der Waals surface area contributed by atoms with Crippen molar-refractivity contribution in [1.29, 1.82) is 0 Å². The molecule has 0 aliphatic heterocycles. The molecule has 0 heterocycles. The van der Waals surface area contributed by atoms with Crippen molar-refractivity contribution in [2.24, 2.45) is 5.92 Å². The summed E-state index contributed by atoms with van der Waals surface area (Å²) in [5, 5.41) is 0. The van der Waals surface area contributed by atoms with Gasteiger partial charge in [-0.15, -0.1) is 11.6 Å². The monoisotopic (exact) mass is 246 g/mol. The summed E-state index contributed by atoms with van der Waals surface area (Å²) in [5.41, 5.74) is 0. The highest BCUT2D eigenvalue weighted by Crippen LogP contribution is 2.27. The highest BCUT2D eigenvalue weighted by Gasteiger charge is 2.27. The number of halogens is 1. The normalized spacial score (nSPS) is 25.1. The number of Topliss-reactive ketones (excluding diaryl/α,β-unsaturated/α-hetero) is 1. The zero-order valence-corrected chi connectivity index (χ0v) is 10.6. The molecule has 1 aliphatic rings. The molecule has 16 heavy (non-hydrogen) atoms. The largest absolute Gasteiger partial charge is 0.495 e. The van der Waals surface area contributed by atoms with Gasteiger partial charge in [0.15, 0.2) is 0 Å². The molecular weight excluding hydrogens is 228 g/mol. The fourth-order valence-electron chi connectivity index (χ4n) is 1.80. The van der Waals surface area contributed by atoms with Crippen LogP contribution in [-0.4, -0.2) is 31.5 Å². The first-order valence-corrected chi connectivity index (χ1v) is 6.14. The average Bonchev–Trinajstić information content (AvgIpc) is 2.29. The van der Waals surface area contributed by atoms with Gasteiger partial charge in [-0.1, -0.05) is 0 Å². The summed E-state index contributed by atoms with van der Waals surface area (Å²) in [6, 6.07) is 0. The van der Waals surface area contributed by atoms with Gasteiger partial charge in [-0.05, 0) is 32.3 Å². The molecule has 4 heteroatoms. The predicted octanol–water partition coefficient (Wildman–Crippen LogP) is 2.53. The second-order valence-corrected chi connectivity index (χ2v) is 4.38. The van der Waals surface area contributed by atoms with Crippen molar-refractivity contribution in [1.82, 2.24) is 0 Å². The van der Waals surface area contributed by atoms with Crippen molar-refractivity contribution in [3.05, 3.63) is 11.8 Å². The smallest absolute Gasteiger partial charge is 0.133 e. The second-order valence-electron chi connectivity index (χ2n) is 4.00. The van der Waals surface area contributed by atoms with Crippen molar-refractivity contribution in [3.8, 4) is 0 Å². The third-order valence-corrected chi connectivity index (χ3v) is 3.09. The maximum atomic E-state index is 11.3. The van der Waals surface area contributed by atoms with Crippen LogP contribution in [0, 0.1) is 5.92 Å². The highest BCUT2D eigenvalue weighted by molar-refractivity contribution is 6.17. The van der Waals surface area contributed by atoms with E-state index in [0.29, 0.717) is 12.5 Å². The number of carbonyl (C=O) groups excluding carboxylic acids is 1. The van der Waals surface area contributed by atoms with Crippen molar-refractivity contribution in [2.75, 3.05) is 19.6 Å². The molecule has 0 saturated heterocycles. The summed E-state index contributed by atoms with van der Waals surface area (Å²) in [7, 11) is 1.64. The van der Waals surface area contributed by atoms with Crippen LogP contribution in [0.25, 0.3) is 0 Å². The molecule has 2 unspecified atom stereocenters. The number of ketones is 1. The summed E-state index contributed by atoms with van der Waals surface area (Å²) in [4.78, 5) is 11.3. The van der Waals surface area contributed by atoms with E-state index in [-0.39, 0.29) is 17.8 Å². The number of carbonyl (C=O) groups is 1. The molecule has 1 aliphatic carbocycles. The number of allylic oxidation sites excluding steroid dienone is 1. The molecule has 0 spiro atoms. The molecule has 2 atom stereocenters. The first kappa shape index (κ1) is 13.5. The van der Waals surface area contributed by atoms with Gasteiger partial charge in [0.2, 0.25) is 0 Å².